The molecule has 0 radical (unpaired) electrons. The van der Waals surface area contributed by atoms with Gasteiger partial charge in [-0.3, -0.25) is 10.1 Å². The van der Waals surface area contributed by atoms with Crippen LogP contribution in [0.5, 0.6) is 0 Å². The molecular formula is C11H20N2O. The first-order valence-electron chi connectivity index (χ1n) is 5.74. The van der Waals surface area contributed by atoms with Crippen LogP contribution in [0.3, 0.4) is 0 Å². The van der Waals surface area contributed by atoms with E-state index in [-0.39, 0.29) is 5.91 Å². The third-order valence-electron chi connectivity index (χ3n) is 3.46. The molecule has 1 amide bonds. The number of amides is 1. The SMILES string of the molecule is CC1CCCC(CN2CNCC2=O)C1. The molecule has 0 aromatic heterocycles. The van der Waals surface area contributed by atoms with Gasteiger partial charge in [0.1, 0.15) is 0 Å². The Labute approximate surface area is 85.8 Å². The third-order valence-corrected chi connectivity index (χ3v) is 3.46. The number of hydrogen-bond acceptors (Lipinski definition) is 2. The Bertz CT molecular complexity index is 217. The fourth-order valence-electron chi connectivity index (χ4n) is 2.70. The van der Waals surface area contributed by atoms with E-state index in [9.17, 15) is 4.79 Å². The summed E-state index contributed by atoms with van der Waals surface area (Å²) in [4.78, 5) is 13.4. The predicted molar refractivity (Wildman–Crippen MR) is 55.7 cm³/mol. The molecule has 2 fully saturated rings. The van der Waals surface area contributed by atoms with Gasteiger partial charge in [-0.05, 0) is 24.7 Å². The highest BCUT2D eigenvalue weighted by molar-refractivity contribution is 5.79. The molecule has 1 heterocycles. The normalized spacial score (nSPS) is 33.8. The Hall–Kier alpha value is -0.570. The van der Waals surface area contributed by atoms with Crippen LogP contribution in [-0.2, 0) is 4.79 Å². The van der Waals surface area contributed by atoms with Gasteiger partial charge in [0.2, 0.25) is 5.91 Å². The number of nitrogens with zero attached hydrogens (tertiary/aromatic N) is 1. The van der Waals surface area contributed by atoms with E-state index < -0.39 is 0 Å². The molecule has 80 valence electrons. The predicted octanol–water partition coefficient (Wildman–Crippen LogP) is 1.20. The van der Waals surface area contributed by atoms with Crippen molar-refractivity contribution in [3.8, 4) is 0 Å². The Balaban J connectivity index is 1.81. The average molecular weight is 196 g/mol. The van der Waals surface area contributed by atoms with Crippen LogP contribution < -0.4 is 5.32 Å². The lowest BCUT2D eigenvalue weighted by atomic mass is 9.82. The van der Waals surface area contributed by atoms with E-state index in [0.29, 0.717) is 6.54 Å². The van der Waals surface area contributed by atoms with Crippen LogP contribution in [0, 0.1) is 11.8 Å². The van der Waals surface area contributed by atoms with E-state index >= 15 is 0 Å². The standard InChI is InChI=1S/C11H20N2O/c1-9-3-2-4-10(5-9)7-13-8-12-6-11(13)14/h9-10,12H,2-8H2,1H3. The molecule has 1 saturated carbocycles. The van der Waals surface area contributed by atoms with Crippen molar-refractivity contribution >= 4 is 5.91 Å². The van der Waals surface area contributed by atoms with Crippen molar-refractivity contribution in [1.82, 2.24) is 10.2 Å². The molecule has 0 aromatic rings. The Morgan fingerprint density at radius 3 is 3.00 bits per heavy atom. The smallest absolute Gasteiger partial charge is 0.237 e. The van der Waals surface area contributed by atoms with E-state index in [1.165, 1.54) is 25.7 Å². The van der Waals surface area contributed by atoms with Crippen LogP contribution in [0.25, 0.3) is 0 Å². The number of nitrogens with one attached hydrogen (secondary N) is 1. The highest BCUT2D eigenvalue weighted by Crippen LogP contribution is 2.29. The zero-order chi connectivity index (χ0) is 9.97. The van der Waals surface area contributed by atoms with Gasteiger partial charge < -0.3 is 4.90 Å². The maximum atomic E-state index is 11.4. The van der Waals surface area contributed by atoms with E-state index in [1.807, 2.05) is 4.90 Å². The fraction of sp³-hybridized carbons (Fsp3) is 0.909. The van der Waals surface area contributed by atoms with Gasteiger partial charge in [-0.25, -0.2) is 0 Å². The maximum Gasteiger partial charge on any atom is 0.237 e. The second kappa shape index (κ2) is 4.30. The minimum atomic E-state index is 0.281. The summed E-state index contributed by atoms with van der Waals surface area (Å²) in [6.07, 6.45) is 5.35. The molecule has 3 nitrogen and oxygen atoms in total. The molecule has 0 aromatic carbocycles. The first-order valence-corrected chi connectivity index (χ1v) is 5.74. The van der Waals surface area contributed by atoms with Crippen LogP contribution in [0.4, 0.5) is 0 Å². The quantitative estimate of drug-likeness (QED) is 0.720. The topological polar surface area (TPSA) is 32.3 Å². The number of carbonyl (C=O) groups excluding carboxylic acids is 1. The molecule has 3 heteroatoms. The van der Waals surface area contributed by atoms with E-state index in [1.54, 1.807) is 0 Å². The summed E-state index contributed by atoms with van der Waals surface area (Å²) in [6, 6.07) is 0. The summed E-state index contributed by atoms with van der Waals surface area (Å²) in [7, 11) is 0. The van der Waals surface area contributed by atoms with Gasteiger partial charge in [-0.1, -0.05) is 19.8 Å². The molecule has 2 atom stereocenters. The Kier molecular flexibility index (Phi) is 3.06. The van der Waals surface area contributed by atoms with E-state index in [4.69, 9.17) is 0 Å². The first-order chi connectivity index (χ1) is 6.75. The van der Waals surface area contributed by atoms with Gasteiger partial charge in [0.05, 0.1) is 13.2 Å². The summed E-state index contributed by atoms with van der Waals surface area (Å²) >= 11 is 0. The summed E-state index contributed by atoms with van der Waals surface area (Å²) in [5, 5.41) is 3.10. The lowest BCUT2D eigenvalue weighted by molar-refractivity contribution is -0.127. The molecule has 1 N–H and O–H groups in total. The van der Waals surface area contributed by atoms with Crippen LogP contribution in [0.2, 0.25) is 0 Å². The second-order valence-electron chi connectivity index (χ2n) is 4.84. The Morgan fingerprint density at radius 2 is 2.36 bits per heavy atom. The molecule has 0 bridgehead atoms. The Morgan fingerprint density at radius 1 is 1.50 bits per heavy atom. The summed E-state index contributed by atoms with van der Waals surface area (Å²) in [6.45, 7) is 4.62. The molecule has 14 heavy (non-hydrogen) atoms. The van der Waals surface area contributed by atoms with Crippen molar-refractivity contribution in [1.29, 1.82) is 0 Å². The van der Waals surface area contributed by atoms with Crippen molar-refractivity contribution in [2.24, 2.45) is 11.8 Å². The highest BCUT2D eigenvalue weighted by Gasteiger charge is 2.25. The van der Waals surface area contributed by atoms with Crippen LogP contribution in [-0.4, -0.2) is 30.6 Å². The highest BCUT2D eigenvalue weighted by atomic mass is 16.2. The second-order valence-corrected chi connectivity index (χ2v) is 4.84. The third kappa shape index (κ3) is 2.27. The van der Waals surface area contributed by atoms with E-state index in [0.717, 1.165) is 25.0 Å². The van der Waals surface area contributed by atoms with Crippen LogP contribution >= 0.6 is 0 Å². The zero-order valence-electron chi connectivity index (χ0n) is 8.96. The van der Waals surface area contributed by atoms with Crippen molar-refractivity contribution in [2.75, 3.05) is 19.8 Å². The molecule has 2 rings (SSSR count). The molecule has 1 saturated heterocycles. The summed E-state index contributed by atoms with van der Waals surface area (Å²) < 4.78 is 0. The molecule has 0 spiro atoms. The number of hydrogen-bond donors (Lipinski definition) is 1. The first kappa shape index (κ1) is 9.97. The summed E-state index contributed by atoms with van der Waals surface area (Å²) in [5.41, 5.74) is 0. The molecule has 1 aliphatic heterocycles. The fourth-order valence-corrected chi connectivity index (χ4v) is 2.70. The van der Waals surface area contributed by atoms with Gasteiger partial charge in [-0.15, -0.1) is 0 Å². The van der Waals surface area contributed by atoms with Gasteiger partial charge >= 0.3 is 0 Å². The van der Waals surface area contributed by atoms with Crippen molar-refractivity contribution < 1.29 is 4.79 Å². The van der Waals surface area contributed by atoms with Gasteiger partial charge in [0.25, 0.3) is 0 Å². The maximum absolute atomic E-state index is 11.4. The summed E-state index contributed by atoms with van der Waals surface area (Å²) in [5.74, 6) is 1.89. The molecule has 1 aliphatic carbocycles. The average Bonchev–Trinajstić information content (AvgIpc) is 2.52. The van der Waals surface area contributed by atoms with E-state index in [2.05, 4.69) is 12.2 Å². The van der Waals surface area contributed by atoms with Gasteiger partial charge in [0.15, 0.2) is 0 Å². The lowest BCUT2D eigenvalue weighted by Crippen LogP contribution is -2.33. The van der Waals surface area contributed by atoms with Crippen LogP contribution in [0.1, 0.15) is 32.6 Å². The molecular weight excluding hydrogens is 176 g/mol. The zero-order valence-corrected chi connectivity index (χ0v) is 8.96. The monoisotopic (exact) mass is 196 g/mol. The van der Waals surface area contributed by atoms with Crippen molar-refractivity contribution in [3.05, 3.63) is 0 Å². The van der Waals surface area contributed by atoms with Gasteiger partial charge in [-0.2, -0.15) is 0 Å². The minimum absolute atomic E-state index is 0.281. The van der Waals surface area contributed by atoms with Gasteiger partial charge in [0, 0.05) is 6.54 Å². The number of rotatable bonds is 2. The van der Waals surface area contributed by atoms with Crippen molar-refractivity contribution in [3.63, 3.8) is 0 Å². The molecule has 2 unspecified atom stereocenters. The lowest BCUT2D eigenvalue weighted by Gasteiger charge is -2.29. The number of carbonyl (C=O) groups is 1. The van der Waals surface area contributed by atoms with Crippen molar-refractivity contribution in [2.45, 2.75) is 32.6 Å². The molecule has 2 aliphatic rings. The van der Waals surface area contributed by atoms with Crippen LogP contribution in [0.15, 0.2) is 0 Å². The minimum Gasteiger partial charge on any atom is -0.329 e. The largest absolute Gasteiger partial charge is 0.329 e.